The molecule has 0 aliphatic rings. The highest BCUT2D eigenvalue weighted by Gasteiger charge is 2.17. The van der Waals surface area contributed by atoms with Crippen molar-refractivity contribution in [3.05, 3.63) is 83.1 Å². The van der Waals surface area contributed by atoms with E-state index in [1.807, 2.05) is 30.3 Å². The van der Waals surface area contributed by atoms with Crippen LogP contribution >= 0.6 is 11.6 Å². The number of aromatic nitrogens is 2. The molecule has 1 heterocycles. The molecule has 138 valence electrons. The van der Waals surface area contributed by atoms with E-state index in [4.69, 9.17) is 11.6 Å². The molecule has 0 saturated carbocycles. The summed E-state index contributed by atoms with van der Waals surface area (Å²) in [7, 11) is 0. The Morgan fingerprint density at radius 3 is 2.48 bits per heavy atom. The van der Waals surface area contributed by atoms with E-state index in [1.165, 1.54) is 0 Å². The molecule has 0 saturated heterocycles. The van der Waals surface area contributed by atoms with E-state index in [0.29, 0.717) is 28.9 Å². The largest absolute Gasteiger partial charge is 0.334 e. The molecular formula is C21H21ClN4O. The maximum absolute atomic E-state index is 12.6. The Labute approximate surface area is 164 Å². The van der Waals surface area contributed by atoms with Crippen LogP contribution in [0.4, 0.5) is 11.6 Å². The van der Waals surface area contributed by atoms with Crippen LogP contribution in [0, 0.1) is 0 Å². The average molecular weight is 381 g/mol. The quantitative estimate of drug-likeness (QED) is 0.667. The van der Waals surface area contributed by atoms with Crippen LogP contribution in [-0.4, -0.2) is 21.9 Å². The lowest BCUT2D eigenvalue weighted by atomic mass is 10.2. The van der Waals surface area contributed by atoms with Crippen LogP contribution in [0.5, 0.6) is 0 Å². The van der Waals surface area contributed by atoms with Gasteiger partial charge in [0.1, 0.15) is 5.69 Å². The summed E-state index contributed by atoms with van der Waals surface area (Å²) in [4.78, 5) is 23.5. The molecular weight excluding hydrogens is 360 g/mol. The topological polar surface area (TPSA) is 58.1 Å². The van der Waals surface area contributed by atoms with Crippen LogP contribution in [0.1, 0.15) is 29.9 Å². The number of benzene rings is 2. The molecule has 0 radical (unpaired) electrons. The van der Waals surface area contributed by atoms with Gasteiger partial charge in [0.2, 0.25) is 5.95 Å². The molecule has 0 bridgehead atoms. The number of para-hydroxylation sites is 1. The summed E-state index contributed by atoms with van der Waals surface area (Å²) >= 11 is 6.11. The van der Waals surface area contributed by atoms with Gasteiger partial charge in [0.05, 0.1) is 10.7 Å². The molecule has 0 aliphatic heterocycles. The van der Waals surface area contributed by atoms with Gasteiger partial charge in [0, 0.05) is 18.8 Å². The standard InChI is InChI=1S/C21H21ClN4O/c1-15(2)26(14-16-8-4-3-5-9-16)21-23-13-12-19(25-21)20(27)24-18-11-7-6-10-17(18)22/h3-13,15H,14H2,1-2H3,(H,24,27). The maximum atomic E-state index is 12.6. The fourth-order valence-corrected chi connectivity index (χ4v) is 2.81. The summed E-state index contributed by atoms with van der Waals surface area (Å²) in [5.74, 6) is 0.191. The van der Waals surface area contributed by atoms with E-state index < -0.39 is 0 Å². The zero-order valence-corrected chi connectivity index (χ0v) is 16.0. The highest BCUT2D eigenvalue weighted by Crippen LogP contribution is 2.21. The number of hydrogen-bond donors (Lipinski definition) is 1. The summed E-state index contributed by atoms with van der Waals surface area (Å²) in [6.45, 7) is 4.81. The van der Waals surface area contributed by atoms with Gasteiger partial charge in [-0.1, -0.05) is 54.1 Å². The van der Waals surface area contributed by atoms with Crippen LogP contribution < -0.4 is 10.2 Å². The Morgan fingerprint density at radius 2 is 1.78 bits per heavy atom. The van der Waals surface area contributed by atoms with Crippen LogP contribution in [0.25, 0.3) is 0 Å². The third kappa shape index (κ3) is 4.83. The summed E-state index contributed by atoms with van der Waals surface area (Å²) in [6, 6.07) is 19.0. The van der Waals surface area contributed by atoms with Crippen molar-refractivity contribution in [3.8, 4) is 0 Å². The lowest BCUT2D eigenvalue weighted by molar-refractivity contribution is 0.102. The zero-order chi connectivity index (χ0) is 19.2. The molecule has 1 N–H and O–H groups in total. The van der Waals surface area contributed by atoms with Gasteiger partial charge in [-0.3, -0.25) is 4.79 Å². The van der Waals surface area contributed by atoms with Gasteiger partial charge in [-0.05, 0) is 37.6 Å². The zero-order valence-electron chi connectivity index (χ0n) is 15.3. The predicted octanol–water partition coefficient (Wildman–Crippen LogP) is 4.80. The SMILES string of the molecule is CC(C)N(Cc1ccccc1)c1nccc(C(=O)Nc2ccccc2Cl)n1. The van der Waals surface area contributed by atoms with Crippen LogP contribution in [0.2, 0.25) is 5.02 Å². The third-order valence-electron chi connectivity index (χ3n) is 4.07. The Morgan fingerprint density at radius 1 is 1.07 bits per heavy atom. The first-order valence-electron chi connectivity index (χ1n) is 8.74. The van der Waals surface area contributed by atoms with Gasteiger partial charge in [0.15, 0.2) is 0 Å². The number of rotatable bonds is 6. The van der Waals surface area contributed by atoms with Gasteiger partial charge < -0.3 is 10.2 Å². The Bertz CT molecular complexity index is 915. The van der Waals surface area contributed by atoms with Crippen molar-refractivity contribution >= 4 is 29.1 Å². The molecule has 0 atom stereocenters. The normalized spacial score (nSPS) is 10.7. The second kappa shape index (κ2) is 8.64. The average Bonchev–Trinajstić information content (AvgIpc) is 2.68. The van der Waals surface area contributed by atoms with E-state index in [0.717, 1.165) is 5.56 Å². The summed E-state index contributed by atoms with van der Waals surface area (Å²) < 4.78 is 0. The maximum Gasteiger partial charge on any atom is 0.274 e. The predicted molar refractivity (Wildman–Crippen MR) is 109 cm³/mol. The summed E-state index contributed by atoms with van der Waals surface area (Å²) in [5.41, 5.74) is 1.99. The fraction of sp³-hybridized carbons (Fsp3) is 0.190. The molecule has 0 unspecified atom stereocenters. The van der Waals surface area contributed by atoms with Gasteiger partial charge in [-0.2, -0.15) is 0 Å². The van der Waals surface area contributed by atoms with E-state index in [9.17, 15) is 4.79 Å². The first kappa shape index (κ1) is 18.9. The van der Waals surface area contributed by atoms with E-state index >= 15 is 0 Å². The van der Waals surface area contributed by atoms with Crippen LogP contribution in [0.3, 0.4) is 0 Å². The monoisotopic (exact) mass is 380 g/mol. The lowest BCUT2D eigenvalue weighted by Crippen LogP contribution is -2.32. The molecule has 0 spiro atoms. The lowest BCUT2D eigenvalue weighted by Gasteiger charge is -2.27. The first-order chi connectivity index (χ1) is 13.0. The Balaban J connectivity index is 1.82. The molecule has 2 aromatic carbocycles. The molecule has 0 fully saturated rings. The molecule has 3 aromatic rings. The van der Waals surface area contributed by atoms with Crippen molar-refractivity contribution in [2.24, 2.45) is 0 Å². The van der Waals surface area contributed by atoms with E-state index in [1.54, 1.807) is 24.4 Å². The smallest absolute Gasteiger partial charge is 0.274 e. The Kier molecular flexibility index (Phi) is 6.04. The van der Waals surface area contributed by atoms with Crippen molar-refractivity contribution in [3.63, 3.8) is 0 Å². The minimum atomic E-state index is -0.324. The van der Waals surface area contributed by atoms with Gasteiger partial charge in [-0.15, -0.1) is 0 Å². The Hall–Kier alpha value is -2.92. The number of carbonyl (C=O) groups is 1. The van der Waals surface area contributed by atoms with E-state index in [-0.39, 0.29) is 11.9 Å². The molecule has 5 nitrogen and oxygen atoms in total. The first-order valence-corrected chi connectivity index (χ1v) is 9.12. The number of anilines is 2. The number of nitrogens with zero attached hydrogens (tertiary/aromatic N) is 3. The number of carbonyl (C=O) groups excluding carboxylic acids is 1. The minimum Gasteiger partial charge on any atom is -0.334 e. The molecule has 1 amide bonds. The molecule has 1 aromatic heterocycles. The molecule has 27 heavy (non-hydrogen) atoms. The van der Waals surface area contributed by atoms with Crippen molar-refractivity contribution in [1.82, 2.24) is 9.97 Å². The molecule has 0 aliphatic carbocycles. The van der Waals surface area contributed by atoms with Crippen LogP contribution in [0.15, 0.2) is 66.9 Å². The second-order valence-electron chi connectivity index (χ2n) is 6.38. The number of amides is 1. The van der Waals surface area contributed by atoms with Gasteiger partial charge >= 0.3 is 0 Å². The molecule has 3 rings (SSSR count). The minimum absolute atomic E-state index is 0.173. The van der Waals surface area contributed by atoms with Crippen molar-refractivity contribution in [2.75, 3.05) is 10.2 Å². The number of hydrogen-bond acceptors (Lipinski definition) is 4. The van der Waals surface area contributed by atoms with Crippen molar-refractivity contribution < 1.29 is 4.79 Å². The van der Waals surface area contributed by atoms with Crippen molar-refractivity contribution in [1.29, 1.82) is 0 Å². The number of halogens is 1. The summed E-state index contributed by atoms with van der Waals surface area (Å²) in [6.07, 6.45) is 1.60. The van der Waals surface area contributed by atoms with Gasteiger partial charge in [-0.25, -0.2) is 9.97 Å². The molecule has 6 heteroatoms. The highest BCUT2D eigenvalue weighted by atomic mass is 35.5. The fourth-order valence-electron chi connectivity index (χ4n) is 2.63. The van der Waals surface area contributed by atoms with E-state index in [2.05, 4.69) is 46.2 Å². The second-order valence-corrected chi connectivity index (χ2v) is 6.79. The van der Waals surface area contributed by atoms with Crippen LogP contribution in [-0.2, 0) is 6.54 Å². The number of nitrogens with one attached hydrogen (secondary N) is 1. The summed E-state index contributed by atoms with van der Waals surface area (Å²) in [5, 5.41) is 3.27. The van der Waals surface area contributed by atoms with Crippen molar-refractivity contribution in [2.45, 2.75) is 26.4 Å². The highest BCUT2D eigenvalue weighted by molar-refractivity contribution is 6.33. The third-order valence-corrected chi connectivity index (χ3v) is 4.40. The van der Waals surface area contributed by atoms with Gasteiger partial charge in [0.25, 0.3) is 5.91 Å².